The van der Waals surface area contributed by atoms with Crippen LogP contribution in [0.1, 0.15) is 24.4 Å². The van der Waals surface area contributed by atoms with Gasteiger partial charge in [0.1, 0.15) is 15.7 Å². The number of likely N-dealkylation sites (tertiary alicyclic amines) is 2. The highest BCUT2D eigenvalue weighted by Crippen LogP contribution is 2.45. The molecule has 0 bridgehead atoms. The van der Waals surface area contributed by atoms with E-state index < -0.39 is 9.84 Å². The van der Waals surface area contributed by atoms with Crippen molar-refractivity contribution in [2.75, 3.05) is 38.2 Å². The van der Waals surface area contributed by atoms with Gasteiger partial charge in [-0.25, -0.2) is 12.8 Å². The van der Waals surface area contributed by atoms with Gasteiger partial charge in [-0.2, -0.15) is 0 Å². The maximum absolute atomic E-state index is 13.6. The van der Waals surface area contributed by atoms with E-state index in [2.05, 4.69) is 16.8 Å². The third-order valence-electron chi connectivity index (χ3n) is 6.15. The second-order valence-electron chi connectivity index (χ2n) is 7.70. The molecule has 3 saturated heterocycles. The van der Waals surface area contributed by atoms with E-state index in [1.807, 2.05) is 6.07 Å². The summed E-state index contributed by atoms with van der Waals surface area (Å²) in [6.07, 6.45) is 1.53. The molecule has 0 radical (unpaired) electrons. The molecule has 3 aliphatic rings. The molecule has 3 heterocycles. The van der Waals surface area contributed by atoms with Gasteiger partial charge in [0.05, 0.1) is 11.5 Å². The topological polar surface area (TPSA) is 40.6 Å². The second kappa shape index (κ2) is 6.07. The molecule has 3 fully saturated rings. The lowest BCUT2D eigenvalue weighted by Gasteiger charge is -2.33. The Morgan fingerprint density at radius 2 is 1.88 bits per heavy atom. The van der Waals surface area contributed by atoms with E-state index in [-0.39, 0.29) is 11.9 Å². The van der Waals surface area contributed by atoms with Crippen LogP contribution in [-0.2, 0) is 9.84 Å². The summed E-state index contributed by atoms with van der Waals surface area (Å²) >= 11 is 0. The van der Waals surface area contributed by atoms with Crippen LogP contribution in [0.4, 0.5) is 4.39 Å². The lowest BCUT2D eigenvalue weighted by molar-refractivity contribution is 0.178. The van der Waals surface area contributed by atoms with Crippen LogP contribution in [0.15, 0.2) is 24.3 Å². The summed E-state index contributed by atoms with van der Waals surface area (Å²) in [5.74, 6) is 1.60. The molecule has 0 amide bonds. The van der Waals surface area contributed by atoms with E-state index in [1.165, 1.54) is 6.07 Å². The average molecular weight is 352 g/mol. The monoisotopic (exact) mass is 352 g/mol. The number of hydrogen-bond donors (Lipinski definition) is 0. The molecule has 0 aromatic heterocycles. The van der Waals surface area contributed by atoms with Crippen molar-refractivity contribution < 1.29 is 12.8 Å². The number of nitrogens with zero attached hydrogens (tertiary/aromatic N) is 2. The highest BCUT2D eigenvalue weighted by Gasteiger charge is 2.47. The number of hydrogen-bond acceptors (Lipinski definition) is 4. The minimum Gasteiger partial charge on any atom is -0.300 e. The summed E-state index contributed by atoms with van der Waals surface area (Å²) in [5, 5.41) is 0. The maximum atomic E-state index is 13.6. The van der Waals surface area contributed by atoms with Gasteiger partial charge in [0, 0.05) is 31.7 Å². The van der Waals surface area contributed by atoms with Gasteiger partial charge in [0.15, 0.2) is 0 Å². The average Bonchev–Trinajstić information content (AvgIpc) is 3.03. The minimum atomic E-state index is -2.81. The second-order valence-corrected chi connectivity index (χ2v) is 10.0. The fourth-order valence-electron chi connectivity index (χ4n) is 5.03. The summed E-state index contributed by atoms with van der Waals surface area (Å²) in [6, 6.07) is 7.66. The van der Waals surface area contributed by atoms with E-state index in [4.69, 9.17) is 0 Å². The van der Waals surface area contributed by atoms with E-state index in [1.54, 1.807) is 12.1 Å². The summed E-state index contributed by atoms with van der Waals surface area (Å²) in [6.45, 7) is 3.08. The molecule has 4 rings (SSSR count). The number of rotatable bonds is 2. The normalized spacial score (nSPS) is 34.5. The van der Waals surface area contributed by atoms with Crippen LogP contribution in [-0.4, -0.2) is 62.4 Å². The molecule has 6 heteroatoms. The van der Waals surface area contributed by atoms with Crippen molar-refractivity contribution in [2.24, 2.45) is 11.8 Å². The Kier molecular flexibility index (Phi) is 4.17. The molecule has 0 saturated carbocycles. The van der Waals surface area contributed by atoms with Gasteiger partial charge in [-0.3, -0.25) is 9.80 Å². The van der Waals surface area contributed by atoms with Gasteiger partial charge in [0.25, 0.3) is 0 Å². The standard InChI is InChI=1S/C18H25FN2O2S/c1-20-10-14-11-21(16-5-7-24(22,23)8-6-16)12-17(14)18(20)13-3-2-4-15(19)9-13/h2-4,9,14,16-18H,5-8,10-12H2,1H3/t14-,17+,18-/m0/s1. The van der Waals surface area contributed by atoms with Crippen LogP contribution < -0.4 is 0 Å². The van der Waals surface area contributed by atoms with Crippen molar-refractivity contribution >= 4 is 9.84 Å². The minimum absolute atomic E-state index is 0.170. The number of halogens is 1. The van der Waals surface area contributed by atoms with Gasteiger partial charge >= 0.3 is 0 Å². The van der Waals surface area contributed by atoms with Crippen LogP contribution in [0.25, 0.3) is 0 Å². The van der Waals surface area contributed by atoms with Crippen LogP contribution in [0.2, 0.25) is 0 Å². The number of sulfone groups is 1. The van der Waals surface area contributed by atoms with Crippen molar-refractivity contribution in [2.45, 2.75) is 24.9 Å². The highest BCUT2D eigenvalue weighted by molar-refractivity contribution is 7.91. The van der Waals surface area contributed by atoms with Crippen LogP contribution in [0.5, 0.6) is 0 Å². The largest absolute Gasteiger partial charge is 0.300 e. The molecular formula is C18H25FN2O2S. The SMILES string of the molecule is CN1C[C@H]2CN(C3CCS(=O)(=O)CC3)C[C@H]2[C@@H]1c1cccc(F)c1. The molecule has 24 heavy (non-hydrogen) atoms. The maximum Gasteiger partial charge on any atom is 0.150 e. The van der Waals surface area contributed by atoms with Crippen molar-refractivity contribution in [3.05, 3.63) is 35.6 Å². The highest BCUT2D eigenvalue weighted by atomic mass is 32.2. The molecule has 4 nitrogen and oxygen atoms in total. The van der Waals surface area contributed by atoms with E-state index in [9.17, 15) is 12.8 Å². The third-order valence-corrected chi connectivity index (χ3v) is 7.87. The predicted molar refractivity (Wildman–Crippen MR) is 92.0 cm³/mol. The molecule has 3 aliphatic heterocycles. The first-order chi connectivity index (χ1) is 11.4. The zero-order valence-electron chi connectivity index (χ0n) is 14.1. The van der Waals surface area contributed by atoms with Crippen molar-refractivity contribution in [1.29, 1.82) is 0 Å². The van der Waals surface area contributed by atoms with Crippen LogP contribution >= 0.6 is 0 Å². The summed E-state index contributed by atoms with van der Waals surface area (Å²) in [7, 11) is -0.677. The Morgan fingerprint density at radius 3 is 2.58 bits per heavy atom. The first kappa shape index (κ1) is 16.5. The summed E-state index contributed by atoms with van der Waals surface area (Å²) in [5.41, 5.74) is 1.07. The lowest BCUT2D eigenvalue weighted by Crippen LogP contribution is -2.41. The zero-order chi connectivity index (χ0) is 16.9. The number of benzene rings is 1. The van der Waals surface area contributed by atoms with Crippen LogP contribution in [0.3, 0.4) is 0 Å². The van der Waals surface area contributed by atoms with Gasteiger partial charge in [-0.05, 0) is 49.4 Å². The molecule has 1 aromatic rings. The van der Waals surface area contributed by atoms with Gasteiger partial charge < -0.3 is 0 Å². The molecule has 0 aliphatic carbocycles. The molecule has 0 N–H and O–H groups in total. The summed E-state index contributed by atoms with van der Waals surface area (Å²) < 4.78 is 37.0. The quantitative estimate of drug-likeness (QED) is 0.816. The molecule has 0 unspecified atom stereocenters. The Balaban J connectivity index is 1.49. The fraction of sp³-hybridized carbons (Fsp3) is 0.667. The Morgan fingerprint density at radius 1 is 1.12 bits per heavy atom. The zero-order valence-corrected chi connectivity index (χ0v) is 14.9. The Hall–Kier alpha value is -0.980. The Bertz CT molecular complexity index is 709. The van der Waals surface area contributed by atoms with E-state index in [0.717, 1.165) is 38.0 Å². The molecule has 0 spiro atoms. The third kappa shape index (κ3) is 3.00. The smallest absolute Gasteiger partial charge is 0.150 e. The first-order valence-corrected chi connectivity index (χ1v) is 10.7. The molecule has 132 valence electrons. The van der Waals surface area contributed by atoms with Gasteiger partial charge in [0.2, 0.25) is 0 Å². The van der Waals surface area contributed by atoms with Crippen molar-refractivity contribution in [3.8, 4) is 0 Å². The lowest BCUT2D eigenvalue weighted by atomic mass is 9.89. The fourth-order valence-corrected chi connectivity index (χ4v) is 6.49. The van der Waals surface area contributed by atoms with E-state index in [0.29, 0.717) is 29.4 Å². The Labute approximate surface area is 143 Å². The molecule has 1 aromatic carbocycles. The van der Waals surface area contributed by atoms with E-state index >= 15 is 0 Å². The van der Waals surface area contributed by atoms with Gasteiger partial charge in [-0.15, -0.1) is 0 Å². The number of fused-ring (bicyclic) bond motifs is 1. The van der Waals surface area contributed by atoms with Crippen LogP contribution in [0, 0.1) is 17.7 Å². The molecular weight excluding hydrogens is 327 g/mol. The first-order valence-electron chi connectivity index (χ1n) is 8.83. The van der Waals surface area contributed by atoms with Crippen molar-refractivity contribution in [3.63, 3.8) is 0 Å². The summed E-state index contributed by atoms with van der Waals surface area (Å²) in [4.78, 5) is 4.86. The predicted octanol–water partition coefficient (Wildman–Crippen LogP) is 1.94. The van der Waals surface area contributed by atoms with Crippen molar-refractivity contribution in [1.82, 2.24) is 9.80 Å². The van der Waals surface area contributed by atoms with Gasteiger partial charge in [-0.1, -0.05) is 12.1 Å². The molecule has 3 atom stereocenters.